The van der Waals surface area contributed by atoms with Crippen LogP contribution in [0.5, 0.6) is 0 Å². The molecule has 32 heavy (non-hydrogen) atoms. The molecule has 1 amide bonds. The molecule has 1 atom stereocenters. The summed E-state index contributed by atoms with van der Waals surface area (Å²) in [4.78, 5) is 21.5. The lowest BCUT2D eigenvalue weighted by molar-refractivity contribution is -0.118. The minimum Gasteiger partial charge on any atom is -0.370 e. The topological polar surface area (TPSA) is 75.0 Å². The second-order valence-corrected chi connectivity index (χ2v) is 8.99. The Balaban J connectivity index is 1.74. The Hall–Kier alpha value is -2.38. The number of anilines is 1. The molecule has 1 aromatic heterocycles. The molecule has 3 N–H and O–H groups in total. The number of benzene rings is 2. The van der Waals surface area contributed by atoms with Gasteiger partial charge in [0.2, 0.25) is 5.91 Å². The number of nitrogens with zero attached hydrogens (tertiary/aromatic N) is 2. The Morgan fingerprint density at radius 2 is 1.91 bits per heavy atom. The van der Waals surface area contributed by atoms with Crippen LogP contribution in [0.2, 0.25) is 10.0 Å². The van der Waals surface area contributed by atoms with Gasteiger partial charge in [0.15, 0.2) is 0 Å². The Morgan fingerprint density at radius 1 is 1.25 bits per heavy atom. The monoisotopic (exact) mass is 480 g/mol. The van der Waals surface area contributed by atoms with Crippen molar-refractivity contribution < 1.29 is 13.6 Å². The molecule has 2 aromatic carbocycles. The first-order chi connectivity index (χ1) is 15.2. The summed E-state index contributed by atoms with van der Waals surface area (Å²) < 4.78 is 27.2. The first kappa shape index (κ1) is 22.8. The molecule has 0 unspecified atom stereocenters. The minimum absolute atomic E-state index is 0.0741. The summed E-state index contributed by atoms with van der Waals surface area (Å²) in [5.41, 5.74) is 9.21. The maximum absolute atomic E-state index is 13.6. The molecule has 5 nitrogen and oxygen atoms in total. The molecule has 0 aliphatic carbocycles. The lowest BCUT2D eigenvalue weighted by atomic mass is 9.93. The predicted molar refractivity (Wildman–Crippen MR) is 124 cm³/mol. The van der Waals surface area contributed by atoms with Crippen LogP contribution in [0.4, 0.5) is 14.5 Å². The van der Waals surface area contributed by atoms with E-state index < -0.39 is 11.8 Å². The standard InChI is InChI=1S/C23H24Cl2F2N4O/c1-2-13-3-5-14(6-4-13)15(11-18(28)32)22-29-17-12-16(24)21(19(25)20(17)30-22)31-9-7-23(26,27)8-10-31/h3-6,12,15H,2,7-11H2,1H3,(H2,28,32)(H,29,30)/t15-/m0/s1. The van der Waals surface area contributed by atoms with Crippen molar-refractivity contribution in [2.24, 2.45) is 5.73 Å². The van der Waals surface area contributed by atoms with Crippen LogP contribution in [-0.2, 0) is 11.2 Å². The van der Waals surface area contributed by atoms with Gasteiger partial charge in [-0.05, 0) is 23.6 Å². The molecule has 1 aliphatic rings. The van der Waals surface area contributed by atoms with Crippen LogP contribution < -0.4 is 10.6 Å². The molecule has 2 heterocycles. The fourth-order valence-electron chi connectivity index (χ4n) is 4.16. The van der Waals surface area contributed by atoms with Gasteiger partial charge in [0.05, 0.1) is 27.2 Å². The van der Waals surface area contributed by atoms with E-state index in [-0.39, 0.29) is 38.3 Å². The number of amides is 1. The van der Waals surface area contributed by atoms with Gasteiger partial charge >= 0.3 is 0 Å². The Bertz CT molecular complexity index is 1140. The first-order valence-corrected chi connectivity index (χ1v) is 11.3. The number of nitrogens with one attached hydrogen (secondary N) is 1. The average molecular weight is 481 g/mol. The van der Waals surface area contributed by atoms with Crippen molar-refractivity contribution in [3.8, 4) is 0 Å². The van der Waals surface area contributed by atoms with Crippen LogP contribution in [0.15, 0.2) is 30.3 Å². The third-order valence-electron chi connectivity index (χ3n) is 6.00. The molecule has 4 rings (SSSR count). The van der Waals surface area contributed by atoms with Gasteiger partial charge in [0.25, 0.3) is 5.92 Å². The summed E-state index contributed by atoms with van der Waals surface area (Å²) in [7, 11) is 0. The van der Waals surface area contributed by atoms with Gasteiger partial charge in [0.1, 0.15) is 11.3 Å². The highest BCUT2D eigenvalue weighted by Crippen LogP contribution is 2.42. The summed E-state index contributed by atoms with van der Waals surface area (Å²) in [5.74, 6) is -2.95. The van der Waals surface area contributed by atoms with Crippen molar-refractivity contribution in [3.63, 3.8) is 0 Å². The number of halogens is 4. The van der Waals surface area contributed by atoms with Gasteiger partial charge in [-0.25, -0.2) is 13.8 Å². The number of aryl methyl sites for hydroxylation is 1. The largest absolute Gasteiger partial charge is 0.370 e. The summed E-state index contributed by atoms with van der Waals surface area (Å²) in [6.07, 6.45) is 0.478. The van der Waals surface area contributed by atoms with Gasteiger partial charge in [-0.1, -0.05) is 54.4 Å². The SMILES string of the molecule is CCc1ccc([C@H](CC(N)=O)c2nc3c(Cl)c(N4CCC(F)(F)CC4)c(Cl)cc3[nH]2)cc1. The highest BCUT2D eigenvalue weighted by Gasteiger charge is 2.35. The summed E-state index contributed by atoms with van der Waals surface area (Å²) >= 11 is 13.2. The molecule has 1 fully saturated rings. The van der Waals surface area contributed by atoms with Gasteiger partial charge < -0.3 is 15.6 Å². The van der Waals surface area contributed by atoms with Crippen molar-refractivity contribution in [1.29, 1.82) is 0 Å². The van der Waals surface area contributed by atoms with Crippen LogP contribution in [-0.4, -0.2) is 34.9 Å². The van der Waals surface area contributed by atoms with Crippen LogP contribution >= 0.6 is 23.2 Å². The van der Waals surface area contributed by atoms with E-state index >= 15 is 0 Å². The van der Waals surface area contributed by atoms with Crippen molar-refractivity contribution in [2.75, 3.05) is 18.0 Å². The highest BCUT2D eigenvalue weighted by molar-refractivity contribution is 6.42. The predicted octanol–water partition coefficient (Wildman–Crippen LogP) is 5.67. The molecule has 0 bridgehead atoms. The van der Waals surface area contributed by atoms with Crippen molar-refractivity contribution in [3.05, 3.63) is 57.3 Å². The number of carbonyl (C=O) groups is 1. The molecule has 9 heteroatoms. The second kappa shape index (κ2) is 8.87. The number of imidazole rings is 1. The van der Waals surface area contributed by atoms with E-state index in [1.165, 1.54) is 5.56 Å². The van der Waals surface area contributed by atoms with Crippen LogP contribution in [0.1, 0.15) is 49.1 Å². The lowest BCUT2D eigenvalue weighted by Crippen LogP contribution is -2.39. The number of fused-ring (bicyclic) bond motifs is 1. The molecule has 3 aromatic rings. The van der Waals surface area contributed by atoms with E-state index in [9.17, 15) is 13.6 Å². The number of rotatable bonds is 6. The van der Waals surface area contributed by atoms with E-state index in [2.05, 4.69) is 16.9 Å². The molecule has 170 valence electrons. The van der Waals surface area contributed by atoms with Crippen LogP contribution in [0.3, 0.4) is 0 Å². The van der Waals surface area contributed by atoms with Crippen molar-refractivity contribution in [1.82, 2.24) is 9.97 Å². The number of piperidine rings is 1. The summed E-state index contributed by atoms with van der Waals surface area (Å²) in [6, 6.07) is 9.66. The number of carbonyl (C=O) groups excluding carboxylic acids is 1. The quantitative estimate of drug-likeness (QED) is 0.476. The zero-order valence-electron chi connectivity index (χ0n) is 17.6. The molecular weight excluding hydrogens is 457 g/mol. The summed E-state index contributed by atoms with van der Waals surface area (Å²) in [6.45, 7) is 2.38. The number of H-pyrrole nitrogens is 1. The number of hydrogen-bond acceptors (Lipinski definition) is 3. The molecule has 1 aliphatic heterocycles. The first-order valence-electron chi connectivity index (χ1n) is 10.6. The smallest absolute Gasteiger partial charge is 0.251 e. The van der Waals surface area contributed by atoms with E-state index in [0.29, 0.717) is 32.6 Å². The summed E-state index contributed by atoms with van der Waals surface area (Å²) in [5, 5.41) is 0.668. The van der Waals surface area contributed by atoms with E-state index in [0.717, 1.165) is 12.0 Å². The van der Waals surface area contributed by atoms with Crippen LogP contribution in [0, 0.1) is 0 Å². The molecule has 0 radical (unpaired) electrons. The number of aromatic amines is 1. The van der Waals surface area contributed by atoms with Crippen molar-refractivity contribution >= 4 is 45.8 Å². The van der Waals surface area contributed by atoms with Gasteiger partial charge in [-0.3, -0.25) is 4.79 Å². The average Bonchev–Trinajstić information content (AvgIpc) is 3.17. The van der Waals surface area contributed by atoms with Crippen molar-refractivity contribution in [2.45, 2.75) is 44.4 Å². The lowest BCUT2D eigenvalue weighted by Gasteiger charge is -2.34. The third kappa shape index (κ3) is 4.55. The number of hydrogen-bond donors (Lipinski definition) is 2. The third-order valence-corrected chi connectivity index (χ3v) is 6.65. The number of alkyl halides is 2. The zero-order valence-corrected chi connectivity index (χ0v) is 19.1. The maximum atomic E-state index is 13.6. The zero-order chi connectivity index (χ0) is 23.0. The van der Waals surface area contributed by atoms with Gasteiger partial charge in [-0.15, -0.1) is 0 Å². The minimum atomic E-state index is -2.67. The van der Waals surface area contributed by atoms with Crippen LogP contribution in [0.25, 0.3) is 11.0 Å². The van der Waals surface area contributed by atoms with E-state index in [4.69, 9.17) is 28.9 Å². The molecule has 0 saturated carbocycles. The second-order valence-electron chi connectivity index (χ2n) is 8.20. The van der Waals surface area contributed by atoms with Gasteiger partial charge in [0, 0.05) is 32.4 Å². The number of primary amides is 1. The normalized spacial score (nSPS) is 17.0. The number of aromatic nitrogens is 2. The maximum Gasteiger partial charge on any atom is 0.251 e. The highest BCUT2D eigenvalue weighted by atomic mass is 35.5. The van der Waals surface area contributed by atoms with Gasteiger partial charge in [-0.2, -0.15) is 0 Å². The molecule has 1 saturated heterocycles. The Kier molecular flexibility index (Phi) is 6.32. The Labute approximate surface area is 194 Å². The number of nitrogens with two attached hydrogens (primary N) is 1. The fraction of sp³-hybridized carbons (Fsp3) is 0.391. The van der Waals surface area contributed by atoms with E-state index in [1.54, 1.807) is 11.0 Å². The van der Waals surface area contributed by atoms with E-state index in [1.807, 2.05) is 24.3 Å². The molecule has 0 spiro atoms. The molecular formula is C23H24Cl2F2N4O. The fourth-order valence-corrected chi connectivity index (χ4v) is 4.90. The Morgan fingerprint density at radius 3 is 2.50 bits per heavy atom.